The van der Waals surface area contributed by atoms with Crippen molar-refractivity contribution in [2.45, 2.75) is 20.0 Å². The summed E-state index contributed by atoms with van der Waals surface area (Å²) in [7, 11) is 0. The Balaban J connectivity index is 0.000000236. The molecule has 1 saturated heterocycles. The Morgan fingerprint density at radius 1 is 1.70 bits per heavy atom. The van der Waals surface area contributed by atoms with Gasteiger partial charge in [-0.15, -0.1) is 11.6 Å². The lowest BCUT2D eigenvalue weighted by Gasteiger charge is -2.18. The van der Waals surface area contributed by atoms with Gasteiger partial charge in [0, 0.05) is 19.0 Å². The van der Waals surface area contributed by atoms with Gasteiger partial charge in [0.25, 0.3) is 0 Å². The van der Waals surface area contributed by atoms with Crippen LogP contribution >= 0.6 is 11.6 Å². The molecule has 1 unspecified atom stereocenters. The molecule has 10 heavy (non-hydrogen) atoms. The lowest BCUT2D eigenvalue weighted by Crippen LogP contribution is -2.36. The number of nitrogens with one attached hydrogen (secondary N) is 1. The van der Waals surface area contributed by atoms with Gasteiger partial charge >= 0.3 is 0 Å². The van der Waals surface area contributed by atoms with E-state index in [9.17, 15) is 0 Å². The van der Waals surface area contributed by atoms with Gasteiger partial charge in [-0.3, -0.25) is 0 Å². The average molecular weight is 166 g/mol. The smallest absolute Gasteiger partial charge is 0.0672 e. The molecule has 0 aromatic rings. The van der Waals surface area contributed by atoms with Crippen LogP contribution in [0.25, 0.3) is 0 Å². The van der Waals surface area contributed by atoms with E-state index in [4.69, 9.17) is 16.3 Å². The summed E-state index contributed by atoms with van der Waals surface area (Å²) in [6.45, 7) is 6.87. The molecule has 0 bridgehead atoms. The van der Waals surface area contributed by atoms with E-state index in [2.05, 4.69) is 12.2 Å². The van der Waals surface area contributed by atoms with Crippen molar-refractivity contribution in [3.63, 3.8) is 0 Å². The zero-order chi connectivity index (χ0) is 7.82. The van der Waals surface area contributed by atoms with Gasteiger partial charge in [-0.1, -0.05) is 6.92 Å². The molecule has 0 saturated carbocycles. The van der Waals surface area contributed by atoms with E-state index in [0.29, 0.717) is 6.10 Å². The number of alkyl halides is 1. The molecule has 0 radical (unpaired) electrons. The molecule has 0 aromatic carbocycles. The monoisotopic (exact) mass is 165 g/mol. The van der Waals surface area contributed by atoms with Gasteiger partial charge < -0.3 is 10.1 Å². The third-order valence-electron chi connectivity index (χ3n) is 1.11. The van der Waals surface area contributed by atoms with Gasteiger partial charge in [0.15, 0.2) is 0 Å². The Morgan fingerprint density at radius 3 is 2.50 bits per heavy atom. The maximum atomic E-state index is 5.22. The second-order valence-corrected chi connectivity index (χ2v) is 2.69. The molecule has 1 heterocycles. The Kier molecular flexibility index (Phi) is 7.47. The van der Waals surface area contributed by atoms with Gasteiger partial charge in [-0.05, 0) is 6.92 Å². The van der Waals surface area contributed by atoms with Gasteiger partial charge in [0.1, 0.15) is 0 Å². The molecule has 1 N–H and O–H groups in total. The van der Waals surface area contributed by atoms with Gasteiger partial charge in [0.2, 0.25) is 0 Å². The third-order valence-corrected chi connectivity index (χ3v) is 1.11. The van der Waals surface area contributed by atoms with Crippen LogP contribution in [0.3, 0.4) is 0 Å². The predicted octanol–water partition coefficient (Wildman–Crippen LogP) is 1.24. The zero-order valence-electron chi connectivity index (χ0n) is 6.69. The van der Waals surface area contributed by atoms with Crippen molar-refractivity contribution in [2.24, 2.45) is 0 Å². The maximum Gasteiger partial charge on any atom is 0.0672 e. The van der Waals surface area contributed by atoms with E-state index in [1.165, 1.54) is 0 Å². The highest BCUT2D eigenvalue weighted by atomic mass is 35.5. The molecular formula is C7H16ClNO. The molecule has 1 aliphatic heterocycles. The van der Waals surface area contributed by atoms with E-state index in [-0.39, 0.29) is 0 Å². The highest BCUT2D eigenvalue weighted by Gasteiger charge is 2.04. The summed E-state index contributed by atoms with van der Waals surface area (Å²) in [5.41, 5.74) is 0. The summed E-state index contributed by atoms with van der Waals surface area (Å²) in [6.07, 6.45) is 0.425. The third kappa shape index (κ3) is 6.33. The second-order valence-electron chi connectivity index (χ2n) is 2.15. The van der Waals surface area contributed by atoms with Crippen LogP contribution in [0.4, 0.5) is 0 Å². The van der Waals surface area contributed by atoms with E-state index >= 15 is 0 Å². The minimum absolute atomic E-state index is 0.425. The second kappa shape index (κ2) is 7.32. The Morgan fingerprint density at radius 2 is 2.30 bits per heavy atom. The summed E-state index contributed by atoms with van der Waals surface area (Å²) >= 11 is 5.00. The van der Waals surface area contributed by atoms with Gasteiger partial charge in [-0.2, -0.15) is 0 Å². The Bertz CT molecular complexity index is 64.6. The maximum absolute atomic E-state index is 5.22. The van der Waals surface area contributed by atoms with Gasteiger partial charge in [0.05, 0.1) is 12.7 Å². The largest absolute Gasteiger partial charge is 0.376 e. The molecule has 62 valence electrons. The minimum atomic E-state index is 0.425. The number of rotatable bonds is 0. The SMILES string of the molecule is CC1CNCCO1.CCCl. The van der Waals surface area contributed by atoms with Crippen LogP contribution in [0.15, 0.2) is 0 Å². The van der Waals surface area contributed by atoms with Crippen molar-refractivity contribution < 1.29 is 4.74 Å². The van der Waals surface area contributed by atoms with Crippen LogP contribution in [-0.2, 0) is 4.74 Å². The first-order valence-electron chi connectivity index (χ1n) is 3.69. The number of halogens is 1. The fourth-order valence-electron chi connectivity index (χ4n) is 0.697. The van der Waals surface area contributed by atoms with E-state index in [1.807, 2.05) is 6.92 Å². The predicted molar refractivity (Wildman–Crippen MR) is 44.7 cm³/mol. The molecule has 3 heteroatoms. The normalized spacial score (nSPS) is 24.9. The van der Waals surface area contributed by atoms with Crippen molar-refractivity contribution >= 4 is 11.6 Å². The lowest BCUT2D eigenvalue weighted by molar-refractivity contribution is 0.0410. The van der Waals surface area contributed by atoms with Crippen LogP contribution < -0.4 is 5.32 Å². The molecule has 1 rings (SSSR count). The summed E-state index contributed by atoms with van der Waals surface area (Å²) in [6, 6.07) is 0. The number of hydrogen-bond acceptors (Lipinski definition) is 2. The molecule has 1 aliphatic rings. The van der Waals surface area contributed by atoms with Gasteiger partial charge in [-0.25, -0.2) is 0 Å². The van der Waals surface area contributed by atoms with Crippen molar-refractivity contribution in [1.29, 1.82) is 0 Å². The molecule has 0 amide bonds. The Hall–Kier alpha value is 0.210. The van der Waals surface area contributed by atoms with E-state index in [1.54, 1.807) is 0 Å². The number of ether oxygens (including phenoxy) is 1. The van der Waals surface area contributed by atoms with E-state index < -0.39 is 0 Å². The van der Waals surface area contributed by atoms with Crippen LogP contribution in [0.5, 0.6) is 0 Å². The van der Waals surface area contributed by atoms with Crippen molar-refractivity contribution in [3.8, 4) is 0 Å². The van der Waals surface area contributed by atoms with Crippen LogP contribution in [0, 0.1) is 0 Å². The molecule has 1 fully saturated rings. The lowest BCUT2D eigenvalue weighted by atomic mass is 10.3. The fraction of sp³-hybridized carbons (Fsp3) is 1.00. The average Bonchev–Trinajstić information content (AvgIpc) is 1.91. The quantitative estimate of drug-likeness (QED) is 0.546. The molecule has 2 nitrogen and oxygen atoms in total. The fourth-order valence-corrected chi connectivity index (χ4v) is 0.697. The van der Waals surface area contributed by atoms with E-state index in [0.717, 1.165) is 25.6 Å². The first kappa shape index (κ1) is 10.2. The summed E-state index contributed by atoms with van der Waals surface area (Å²) in [4.78, 5) is 0. The highest BCUT2D eigenvalue weighted by molar-refractivity contribution is 6.17. The minimum Gasteiger partial charge on any atom is -0.376 e. The van der Waals surface area contributed by atoms with Crippen LogP contribution in [-0.4, -0.2) is 31.7 Å². The number of morpholine rings is 1. The zero-order valence-corrected chi connectivity index (χ0v) is 7.45. The first-order valence-corrected chi connectivity index (χ1v) is 4.23. The standard InChI is InChI=1S/C5H11NO.C2H5Cl/c1-5-4-6-2-3-7-5;1-2-3/h5-6H,2-4H2,1H3;2H2,1H3. The molecule has 1 atom stereocenters. The molecule has 0 aromatic heterocycles. The molecule has 0 spiro atoms. The van der Waals surface area contributed by atoms with Crippen molar-refractivity contribution in [1.82, 2.24) is 5.32 Å². The summed E-state index contributed by atoms with van der Waals surface area (Å²) < 4.78 is 5.22. The Labute approximate surface area is 67.9 Å². The van der Waals surface area contributed by atoms with Crippen molar-refractivity contribution in [3.05, 3.63) is 0 Å². The summed E-state index contributed by atoms with van der Waals surface area (Å²) in [5, 5.41) is 3.21. The van der Waals surface area contributed by atoms with Crippen LogP contribution in [0.2, 0.25) is 0 Å². The summed E-state index contributed by atoms with van der Waals surface area (Å²) in [5.74, 6) is 0.722. The van der Waals surface area contributed by atoms with Crippen LogP contribution in [0.1, 0.15) is 13.8 Å². The molecule has 0 aliphatic carbocycles. The topological polar surface area (TPSA) is 21.3 Å². The first-order chi connectivity index (χ1) is 4.81. The molecular weight excluding hydrogens is 150 g/mol. The van der Waals surface area contributed by atoms with Crippen molar-refractivity contribution in [2.75, 3.05) is 25.6 Å². The number of hydrogen-bond donors (Lipinski definition) is 1. The highest BCUT2D eigenvalue weighted by Crippen LogP contribution is 1.91.